The van der Waals surface area contributed by atoms with Crippen molar-refractivity contribution in [2.24, 2.45) is 0 Å². The summed E-state index contributed by atoms with van der Waals surface area (Å²) in [5.74, 6) is 0. The van der Waals surface area contributed by atoms with Gasteiger partial charge in [0.2, 0.25) is 0 Å². The van der Waals surface area contributed by atoms with Gasteiger partial charge in [-0.2, -0.15) is 0 Å². The van der Waals surface area contributed by atoms with E-state index in [1.165, 1.54) is 41.4 Å². The molecule has 1 nitrogen and oxygen atoms in total. The third-order valence-corrected chi connectivity index (χ3v) is 3.48. The fraction of sp³-hybridized carbons (Fsp3) is 0.500. The van der Waals surface area contributed by atoms with Gasteiger partial charge in [-0.05, 0) is 59.7 Å². The quantitative estimate of drug-likeness (QED) is 0.783. The zero-order valence-corrected chi connectivity index (χ0v) is 10.5. The number of hydrogen-bond donors (Lipinski definition) is 1. The molecule has 1 fully saturated rings. The summed E-state index contributed by atoms with van der Waals surface area (Å²) in [6, 6.07) is 9.44. The lowest BCUT2D eigenvalue weighted by Crippen LogP contribution is -2.20. The van der Waals surface area contributed by atoms with E-state index in [4.69, 9.17) is 0 Å². The number of hydrogen-bond acceptors (Lipinski definition) is 1. The highest BCUT2D eigenvalue weighted by molar-refractivity contribution is 14.1. The Morgan fingerprint density at radius 3 is 3.00 bits per heavy atom. The Morgan fingerprint density at radius 2 is 2.14 bits per heavy atom. The van der Waals surface area contributed by atoms with Crippen molar-refractivity contribution in [1.29, 1.82) is 0 Å². The molecule has 0 amide bonds. The van der Waals surface area contributed by atoms with Crippen LogP contribution in [0.5, 0.6) is 0 Å². The molecule has 1 aliphatic heterocycles. The highest BCUT2D eigenvalue weighted by Crippen LogP contribution is 2.23. The van der Waals surface area contributed by atoms with Gasteiger partial charge in [-0.25, -0.2) is 0 Å². The first-order valence-corrected chi connectivity index (χ1v) is 6.43. The third kappa shape index (κ3) is 2.70. The number of benzene rings is 1. The average Bonchev–Trinajstić information content (AvgIpc) is 2.45. The fourth-order valence-corrected chi connectivity index (χ4v) is 2.60. The summed E-state index contributed by atoms with van der Waals surface area (Å²) in [5, 5.41) is 3.62. The van der Waals surface area contributed by atoms with Gasteiger partial charge >= 0.3 is 0 Å². The summed E-state index contributed by atoms with van der Waals surface area (Å²) in [7, 11) is 0. The van der Waals surface area contributed by atoms with Gasteiger partial charge in [-0.15, -0.1) is 0 Å². The molecule has 0 radical (unpaired) electrons. The van der Waals surface area contributed by atoms with E-state index in [2.05, 4.69) is 52.2 Å². The first-order chi connectivity index (χ1) is 6.86. The molecule has 1 saturated heterocycles. The van der Waals surface area contributed by atoms with Gasteiger partial charge in [-0.3, -0.25) is 0 Å². The third-order valence-electron chi connectivity index (χ3n) is 2.81. The van der Waals surface area contributed by atoms with Crippen LogP contribution < -0.4 is 5.32 Å². The van der Waals surface area contributed by atoms with Gasteiger partial charge < -0.3 is 5.32 Å². The van der Waals surface area contributed by atoms with Crippen molar-refractivity contribution in [2.75, 3.05) is 6.54 Å². The Kier molecular flexibility index (Phi) is 3.81. The Labute approximate surface area is 99.4 Å². The zero-order valence-electron chi connectivity index (χ0n) is 8.30. The van der Waals surface area contributed by atoms with E-state index in [1.54, 1.807) is 0 Å². The summed E-state index contributed by atoms with van der Waals surface area (Å²) >= 11 is 2.38. The predicted octanol–water partition coefficient (Wildman–Crippen LogP) is 3.50. The molecule has 1 unspecified atom stereocenters. The van der Waals surface area contributed by atoms with Gasteiger partial charge in [0.25, 0.3) is 0 Å². The number of rotatable bonds is 1. The molecule has 0 spiro atoms. The van der Waals surface area contributed by atoms with Crippen LogP contribution in [0.2, 0.25) is 0 Å². The van der Waals surface area contributed by atoms with E-state index in [9.17, 15) is 0 Å². The molecular weight excluding hydrogens is 285 g/mol. The van der Waals surface area contributed by atoms with Crippen molar-refractivity contribution < 1.29 is 0 Å². The summed E-state index contributed by atoms with van der Waals surface area (Å²) < 4.78 is 1.34. The average molecular weight is 301 g/mol. The minimum atomic E-state index is 0.590. The summed E-state index contributed by atoms with van der Waals surface area (Å²) in [6.45, 7) is 1.18. The maximum atomic E-state index is 3.62. The Bertz CT molecular complexity index is 290. The van der Waals surface area contributed by atoms with Crippen LogP contribution in [0, 0.1) is 3.57 Å². The molecule has 1 aliphatic rings. The highest BCUT2D eigenvalue weighted by Gasteiger charge is 2.12. The molecule has 1 heterocycles. The molecule has 1 aromatic rings. The van der Waals surface area contributed by atoms with E-state index in [0.717, 1.165) is 0 Å². The van der Waals surface area contributed by atoms with Crippen LogP contribution in [0.3, 0.4) is 0 Å². The fourth-order valence-electron chi connectivity index (χ4n) is 2.04. The van der Waals surface area contributed by atoms with Gasteiger partial charge in [-0.1, -0.05) is 25.0 Å². The van der Waals surface area contributed by atoms with E-state index < -0.39 is 0 Å². The Morgan fingerprint density at radius 1 is 1.21 bits per heavy atom. The standard InChI is InChI=1S/C12H16IN/c13-11-6-4-5-10(9-11)12-7-2-1-3-8-14-12/h4-6,9,12,14H,1-3,7-8H2. The lowest BCUT2D eigenvalue weighted by atomic mass is 10.0. The Balaban J connectivity index is 2.12. The van der Waals surface area contributed by atoms with Crippen molar-refractivity contribution in [1.82, 2.24) is 5.32 Å². The normalized spacial score (nSPS) is 23.1. The zero-order chi connectivity index (χ0) is 9.80. The second-order valence-electron chi connectivity index (χ2n) is 3.91. The molecule has 2 heteroatoms. The Hall–Kier alpha value is -0.0900. The lowest BCUT2D eigenvalue weighted by Gasteiger charge is -2.16. The van der Waals surface area contributed by atoms with Crippen LogP contribution in [0.15, 0.2) is 24.3 Å². The van der Waals surface area contributed by atoms with Crippen LogP contribution in [0.4, 0.5) is 0 Å². The topological polar surface area (TPSA) is 12.0 Å². The van der Waals surface area contributed by atoms with Crippen molar-refractivity contribution >= 4 is 22.6 Å². The van der Waals surface area contributed by atoms with Gasteiger partial charge in [0, 0.05) is 9.61 Å². The molecule has 76 valence electrons. The highest BCUT2D eigenvalue weighted by atomic mass is 127. The van der Waals surface area contributed by atoms with E-state index in [1.807, 2.05) is 0 Å². The summed E-state index contributed by atoms with van der Waals surface area (Å²) in [6.07, 6.45) is 5.37. The van der Waals surface area contributed by atoms with Crippen molar-refractivity contribution in [3.63, 3.8) is 0 Å². The van der Waals surface area contributed by atoms with E-state index in [-0.39, 0.29) is 0 Å². The molecule has 14 heavy (non-hydrogen) atoms. The van der Waals surface area contributed by atoms with Gasteiger partial charge in [0.05, 0.1) is 0 Å². The van der Waals surface area contributed by atoms with E-state index >= 15 is 0 Å². The maximum absolute atomic E-state index is 3.62. The molecule has 1 aromatic carbocycles. The van der Waals surface area contributed by atoms with E-state index in [0.29, 0.717) is 6.04 Å². The lowest BCUT2D eigenvalue weighted by molar-refractivity contribution is 0.534. The number of halogens is 1. The van der Waals surface area contributed by atoms with Gasteiger partial charge in [0.15, 0.2) is 0 Å². The minimum Gasteiger partial charge on any atom is -0.310 e. The van der Waals surface area contributed by atoms with Crippen LogP contribution in [0.25, 0.3) is 0 Å². The molecule has 1 N–H and O–H groups in total. The largest absolute Gasteiger partial charge is 0.310 e. The first kappa shape index (κ1) is 10.4. The maximum Gasteiger partial charge on any atom is 0.0320 e. The van der Waals surface area contributed by atoms with Crippen LogP contribution in [0.1, 0.15) is 37.3 Å². The monoisotopic (exact) mass is 301 g/mol. The van der Waals surface area contributed by atoms with Crippen LogP contribution in [-0.2, 0) is 0 Å². The van der Waals surface area contributed by atoms with Gasteiger partial charge in [0.1, 0.15) is 0 Å². The summed E-state index contributed by atoms with van der Waals surface area (Å²) in [5.41, 5.74) is 1.46. The molecule has 0 aliphatic carbocycles. The molecule has 0 aromatic heterocycles. The SMILES string of the molecule is Ic1cccc(C2CCCCCN2)c1. The van der Waals surface area contributed by atoms with Crippen LogP contribution >= 0.6 is 22.6 Å². The summed E-state index contributed by atoms with van der Waals surface area (Å²) in [4.78, 5) is 0. The van der Waals surface area contributed by atoms with Crippen molar-refractivity contribution in [2.45, 2.75) is 31.7 Å². The number of nitrogens with one attached hydrogen (secondary N) is 1. The van der Waals surface area contributed by atoms with Crippen molar-refractivity contribution in [3.05, 3.63) is 33.4 Å². The smallest absolute Gasteiger partial charge is 0.0320 e. The second-order valence-corrected chi connectivity index (χ2v) is 5.16. The second kappa shape index (κ2) is 5.12. The predicted molar refractivity (Wildman–Crippen MR) is 68.4 cm³/mol. The molecule has 0 bridgehead atoms. The minimum absolute atomic E-state index is 0.590. The molecule has 2 rings (SSSR count). The van der Waals surface area contributed by atoms with Crippen LogP contribution in [-0.4, -0.2) is 6.54 Å². The molecule has 1 atom stereocenters. The molecular formula is C12H16IN. The molecule has 0 saturated carbocycles. The first-order valence-electron chi connectivity index (χ1n) is 5.35. The van der Waals surface area contributed by atoms with Crippen molar-refractivity contribution in [3.8, 4) is 0 Å².